The Balaban J connectivity index is 2.69. The van der Waals surface area contributed by atoms with E-state index in [1.807, 2.05) is 13.8 Å². The Morgan fingerprint density at radius 2 is 1.95 bits per heavy atom. The Bertz CT molecular complexity index is 605. The molecule has 1 aromatic carbocycles. The molecule has 1 aromatic rings. The maximum atomic E-state index is 9.29. The van der Waals surface area contributed by atoms with Gasteiger partial charge in [-0.3, -0.25) is 0 Å². The van der Waals surface area contributed by atoms with E-state index in [1.54, 1.807) is 24.3 Å². The second-order valence-corrected chi connectivity index (χ2v) is 6.26. The third kappa shape index (κ3) is 2.98. The summed E-state index contributed by atoms with van der Waals surface area (Å²) in [5.74, 6) is -0.0375. The number of nitrogens with zero attached hydrogens (tertiary/aromatic N) is 1. The molecule has 1 saturated carbocycles. The van der Waals surface area contributed by atoms with Crippen LogP contribution >= 0.6 is 11.6 Å². The van der Waals surface area contributed by atoms with E-state index < -0.39 is 25.4 Å². The molecule has 0 aliphatic heterocycles. The molecule has 0 spiro atoms. The van der Waals surface area contributed by atoms with Crippen LogP contribution in [0.4, 0.5) is 0 Å². The number of hydrogen-bond acceptors (Lipinski definition) is 1. The van der Waals surface area contributed by atoms with Crippen molar-refractivity contribution in [2.75, 3.05) is 14.0 Å². The zero-order valence-electron chi connectivity index (χ0n) is 18.5. The molecule has 0 N–H and O–H groups in total. The lowest BCUT2D eigenvalue weighted by atomic mass is 9.58. The van der Waals surface area contributed by atoms with Gasteiger partial charge in [0.1, 0.15) is 0 Å². The van der Waals surface area contributed by atoms with Gasteiger partial charge in [-0.1, -0.05) is 44.0 Å². The summed E-state index contributed by atoms with van der Waals surface area (Å²) < 4.78 is 56.6. The monoisotopic (exact) mass is 286 g/mol. The molecule has 1 aliphatic carbocycles. The summed E-state index contributed by atoms with van der Waals surface area (Å²) in [5, 5.41) is 0.547. The lowest BCUT2D eigenvalue weighted by Gasteiger charge is -2.51. The molecule has 1 fully saturated rings. The first-order valence-electron chi connectivity index (χ1n) is 10.3. The predicted octanol–water partition coefficient (Wildman–Crippen LogP) is 4.74. The summed E-state index contributed by atoms with van der Waals surface area (Å²) in [6, 6.07) is 5.22. The highest BCUT2D eigenvalue weighted by atomic mass is 35.5. The molecule has 2 rings (SSSR count). The fourth-order valence-electron chi connectivity index (χ4n) is 2.93. The first-order valence-corrected chi connectivity index (χ1v) is 7.18. The fraction of sp³-hybridized carbons (Fsp3) is 0.647. The van der Waals surface area contributed by atoms with E-state index in [9.17, 15) is 1.37 Å². The van der Waals surface area contributed by atoms with Crippen LogP contribution in [0.1, 0.15) is 54.7 Å². The van der Waals surface area contributed by atoms with E-state index in [4.69, 9.17) is 19.8 Å². The molecule has 2 heteroatoms. The molecule has 19 heavy (non-hydrogen) atoms. The Morgan fingerprint density at radius 1 is 1.32 bits per heavy atom. The van der Waals surface area contributed by atoms with Gasteiger partial charge < -0.3 is 4.90 Å². The molecule has 1 unspecified atom stereocenters. The Kier molecular flexibility index (Phi) is 2.48. The van der Waals surface area contributed by atoms with Gasteiger partial charge in [0.15, 0.2) is 0 Å². The van der Waals surface area contributed by atoms with E-state index >= 15 is 0 Å². The van der Waals surface area contributed by atoms with Crippen LogP contribution in [0.15, 0.2) is 24.3 Å². The first-order chi connectivity index (χ1) is 11.7. The topological polar surface area (TPSA) is 3.24 Å². The SMILES string of the molecule is [2H]C([2H])([2H])N(C([2H])([2H])[2H])C([2H])(CC(C)C)C1(c2ccc(Cl)cc2)CCC1. The van der Waals surface area contributed by atoms with Crippen LogP contribution in [-0.2, 0) is 5.41 Å². The molecule has 1 aliphatic rings. The normalized spacial score (nSPS) is 27.9. The molecule has 1 atom stereocenters. The van der Waals surface area contributed by atoms with Crippen molar-refractivity contribution in [1.82, 2.24) is 4.90 Å². The van der Waals surface area contributed by atoms with Gasteiger partial charge in [0.05, 0.1) is 0 Å². The van der Waals surface area contributed by atoms with Gasteiger partial charge in [-0.15, -0.1) is 0 Å². The lowest BCUT2D eigenvalue weighted by Crippen LogP contribution is -2.52. The first kappa shape index (κ1) is 8.05. The van der Waals surface area contributed by atoms with Crippen LogP contribution in [-0.4, -0.2) is 24.9 Å². The molecule has 0 amide bonds. The van der Waals surface area contributed by atoms with Crippen molar-refractivity contribution in [1.29, 1.82) is 0 Å². The standard InChI is InChI=1S/C17H26ClN/c1-13(2)12-16(19(3)4)17(10-5-11-17)14-6-8-15(18)9-7-14/h6-9,13,16H,5,10-12H2,1-4H3/i3D3,4D3,16D. The summed E-state index contributed by atoms with van der Waals surface area (Å²) in [7, 11) is 0. The van der Waals surface area contributed by atoms with Gasteiger partial charge in [0, 0.05) is 26.1 Å². The van der Waals surface area contributed by atoms with Crippen molar-refractivity contribution >= 4 is 11.6 Å². The molecule has 106 valence electrons. The number of rotatable bonds is 5. The van der Waals surface area contributed by atoms with Crippen LogP contribution in [0, 0.1) is 5.92 Å². The summed E-state index contributed by atoms with van der Waals surface area (Å²) in [5.41, 5.74) is -0.0766. The summed E-state index contributed by atoms with van der Waals surface area (Å²) in [4.78, 5) is 0.487. The lowest BCUT2D eigenvalue weighted by molar-refractivity contribution is 0.0808. The second-order valence-electron chi connectivity index (χ2n) is 5.82. The van der Waals surface area contributed by atoms with E-state index in [-0.39, 0.29) is 12.3 Å². The van der Waals surface area contributed by atoms with Gasteiger partial charge in [-0.2, -0.15) is 0 Å². The minimum absolute atomic E-state index is 0.0375. The largest absolute Gasteiger partial charge is 0.306 e. The number of benzene rings is 1. The average Bonchev–Trinajstić information content (AvgIpc) is 2.34. The molecule has 0 bridgehead atoms. The zero-order chi connectivity index (χ0) is 20.0. The highest BCUT2D eigenvalue weighted by molar-refractivity contribution is 6.30. The van der Waals surface area contributed by atoms with Crippen molar-refractivity contribution in [3.8, 4) is 0 Å². The molecule has 0 saturated heterocycles. The van der Waals surface area contributed by atoms with E-state index in [1.165, 1.54) is 0 Å². The van der Waals surface area contributed by atoms with Crippen LogP contribution in [0.25, 0.3) is 0 Å². The molecular weight excluding hydrogens is 254 g/mol. The Hall–Kier alpha value is -0.530. The van der Waals surface area contributed by atoms with E-state index in [2.05, 4.69) is 0 Å². The van der Waals surface area contributed by atoms with Crippen molar-refractivity contribution in [3.63, 3.8) is 0 Å². The van der Waals surface area contributed by atoms with Crippen molar-refractivity contribution < 1.29 is 9.60 Å². The maximum Gasteiger partial charge on any atom is 0.0476 e. The number of halogens is 1. The van der Waals surface area contributed by atoms with Crippen LogP contribution in [0.5, 0.6) is 0 Å². The van der Waals surface area contributed by atoms with Crippen molar-refractivity contribution in [3.05, 3.63) is 34.9 Å². The number of hydrogen-bond donors (Lipinski definition) is 0. The fourth-order valence-corrected chi connectivity index (χ4v) is 3.06. The van der Waals surface area contributed by atoms with Crippen molar-refractivity contribution in [2.45, 2.75) is 51.0 Å². The highest BCUT2D eigenvalue weighted by Gasteiger charge is 2.46. The van der Waals surface area contributed by atoms with Crippen LogP contribution in [0.3, 0.4) is 0 Å². The molecule has 1 nitrogen and oxygen atoms in total. The molecule has 0 heterocycles. The summed E-state index contributed by atoms with van der Waals surface area (Å²) >= 11 is 5.99. The second kappa shape index (κ2) is 5.85. The molecular formula is C17H26ClN. The molecule has 0 radical (unpaired) electrons. The minimum Gasteiger partial charge on any atom is -0.306 e. The van der Waals surface area contributed by atoms with Gasteiger partial charge in [-0.25, -0.2) is 0 Å². The highest BCUT2D eigenvalue weighted by Crippen LogP contribution is 2.49. The summed E-state index contributed by atoms with van der Waals surface area (Å²) in [6.45, 7) is -2.04. The van der Waals surface area contributed by atoms with Crippen LogP contribution < -0.4 is 0 Å². The Labute approximate surface area is 132 Å². The van der Waals surface area contributed by atoms with Crippen LogP contribution in [0.2, 0.25) is 5.02 Å². The minimum atomic E-state index is -2.91. The Morgan fingerprint density at radius 3 is 2.37 bits per heavy atom. The third-order valence-corrected chi connectivity index (χ3v) is 4.28. The maximum absolute atomic E-state index is 9.29. The smallest absolute Gasteiger partial charge is 0.0476 e. The summed E-state index contributed by atoms with van der Waals surface area (Å²) in [6.07, 6.45) is 2.13. The number of likely N-dealkylation sites (N-methyl/N-ethyl adjacent to an activating group) is 1. The van der Waals surface area contributed by atoms with E-state index in [0.717, 1.165) is 12.0 Å². The van der Waals surface area contributed by atoms with Gasteiger partial charge >= 0.3 is 0 Å². The van der Waals surface area contributed by atoms with E-state index in [0.29, 0.717) is 22.8 Å². The quantitative estimate of drug-likeness (QED) is 0.756. The van der Waals surface area contributed by atoms with Crippen molar-refractivity contribution in [2.24, 2.45) is 5.92 Å². The predicted molar refractivity (Wildman–Crippen MR) is 83.9 cm³/mol. The zero-order valence-corrected chi connectivity index (χ0v) is 12.3. The van der Waals surface area contributed by atoms with Gasteiger partial charge in [0.2, 0.25) is 0 Å². The molecule has 0 aromatic heterocycles. The van der Waals surface area contributed by atoms with Gasteiger partial charge in [0.25, 0.3) is 0 Å². The average molecular weight is 287 g/mol. The van der Waals surface area contributed by atoms with Gasteiger partial charge in [-0.05, 0) is 56.8 Å². The third-order valence-electron chi connectivity index (χ3n) is 4.03.